The Kier molecular flexibility index (Phi) is 4.44. The van der Waals surface area contributed by atoms with Gasteiger partial charge in [0.15, 0.2) is 0 Å². The Hall–Kier alpha value is -2.34. The molecule has 26 heavy (non-hydrogen) atoms. The number of nitrogens with zero attached hydrogens (tertiary/aromatic N) is 2. The number of hydrogen-bond donors (Lipinski definition) is 2. The van der Waals surface area contributed by atoms with Crippen molar-refractivity contribution in [2.45, 2.75) is 32.7 Å². The summed E-state index contributed by atoms with van der Waals surface area (Å²) in [6.45, 7) is 5.25. The highest BCUT2D eigenvalue weighted by Crippen LogP contribution is 2.30. The average molecular weight is 354 g/mol. The van der Waals surface area contributed by atoms with E-state index in [1.54, 1.807) is 0 Å². The van der Waals surface area contributed by atoms with Crippen LogP contribution < -0.4 is 5.73 Å². The van der Waals surface area contributed by atoms with Gasteiger partial charge in [-0.3, -0.25) is 14.5 Å². The zero-order chi connectivity index (χ0) is 18.3. The Balaban J connectivity index is 1.51. The maximum Gasteiger partial charge on any atom is 0.231 e. The summed E-state index contributed by atoms with van der Waals surface area (Å²) in [4.78, 5) is 31.8. The van der Waals surface area contributed by atoms with E-state index < -0.39 is 0 Å². The molecule has 3 heterocycles. The van der Waals surface area contributed by atoms with Crippen LogP contribution in [-0.2, 0) is 22.6 Å². The molecule has 2 amide bonds. The number of H-pyrrole nitrogens is 1. The molecule has 2 aliphatic rings. The molecule has 0 aliphatic carbocycles. The maximum absolute atomic E-state index is 13.1. The fourth-order valence-electron chi connectivity index (χ4n) is 4.40. The van der Waals surface area contributed by atoms with Gasteiger partial charge in [-0.05, 0) is 38.4 Å². The van der Waals surface area contributed by atoms with Crippen molar-refractivity contribution < 1.29 is 9.59 Å². The molecular formula is C20H26N4O2. The molecule has 1 aromatic carbocycles. The first-order valence-electron chi connectivity index (χ1n) is 9.41. The van der Waals surface area contributed by atoms with Crippen molar-refractivity contribution in [3.8, 4) is 0 Å². The summed E-state index contributed by atoms with van der Waals surface area (Å²) in [7, 11) is 0. The van der Waals surface area contributed by atoms with E-state index in [-0.39, 0.29) is 24.3 Å². The zero-order valence-corrected chi connectivity index (χ0v) is 15.3. The highest BCUT2D eigenvalue weighted by atomic mass is 16.2. The number of aromatic amines is 1. The van der Waals surface area contributed by atoms with E-state index in [0.717, 1.165) is 37.9 Å². The smallest absolute Gasteiger partial charge is 0.231 e. The van der Waals surface area contributed by atoms with Crippen LogP contribution in [0.5, 0.6) is 0 Å². The van der Waals surface area contributed by atoms with Gasteiger partial charge in [0.2, 0.25) is 11.8 Å². The van der Waals surface area contributed by atoms with Gasteiger partial charge in [-0.2, -0.15) is 0 Å². The van der Waals surface area contributed by atoms with Crippen LogP contribution in [0.25, 0.3) is 10.9 Å². The second kappa shape index (κ2) is 6.76. The molecule has 1 atom stereocenters. The average Bonchev–Trinajstić information content (AvgIpc) is 2.98. The van der Waals surface area contributed by atoms with Crippen molar-refractivity contribution in [2.24, 2.45) is 11.7 Å². The fraction of sp³-hybridized carbons (Fsp3) is 0.500. The van der Waals surface area contributed by atoms with E-state index in [1.165, 1.54) is 22.2 Å². The van der Waals surface area contributed by atoms with Crippen molar-refractivity contribution >= 4 is 22.7 Å². The number of primary amides is 1. The van der Waals surface area contributed by atoms with E-state index in [9.17, 15) is 9.59 Å². The molecule has 1 aromatic heterocycles. The molecule has 0 bridgehead atoms. The standard InChI is InChI=1S/C20H26N4O2/c1-13-4-5-17-15(9-13)16-11-24(8-6-18(16)22-17)20(26)14-3-2-7-23(10-14)12-19(21)25/h4-5,9,14,22H,2-3,6-8,10-12H2,1H3,(H2,21,25). The van der Waals surface area contributed by atoms with Crippen LogP contribution in [0.4, 0.5) is 0 Å². The van der Waals surface area contributed by atoms with Crippen molar-refractivity contribution in [1.29, 1.82) is 0 Å². The van der Waals surface area contributed by atoms with E-state index in [4.69, 9.17) is 5.73 Å². The number of carbonyl (C=O) groups excluding carboxylic acids is 2. The van der Waals surface area contributed by atoms with Gasteiger partial charge in [-0.25, -0.2) is 0 Å². The molecule has 6 nitrogen and oxygen atoms in total. The fourth-order valence-corrected chi connectivity index (χ4v) is 4.40. The molecule has 0 spiro atoms. The summed E-state index contributed by atoms with van der Waals surface area (Å²) in [6.07, 6.45) is 2.70. The molecular weight excluding hydrogens is 328 g/mol. The van der Waals surface area contributed by atoms with Crippen LogP contribution in [0.15, 0.2) is 18.2 Å². The number of nitrogens with one attached hydrogen (secondary N) is 1. The number of piperidine rings is 1. The number of aromatic nitrogens is 1. The van der Waals surface area contributed by atoms with Gasteiger partial charge in [0.25, 0.3) is 0 Å². The van der Waals surface area contributed by atoms with Gasteiger partial charge in [-0.1, -0.05) is 11.6 Å². The Morgan fingerprint density at radius 2 is 2.15 bits per heavy atom. The van der Waals surface area contributed by atoms with Crippen molar-refractivity contribution in [3.63, 3.8) is 0 Å². The second-order valence-electron chi connectivity index (χ2n) is 7.68. The lowest BCUT2D eigenvalue weighted by Crippen LogP contribution is -2.47. The molecule has 3 N–H and O–H groups in total. The number of carbonyl (C=O) groups is 2. The Bertz CT molecular complexity index is 857. The van der Waals surface area contributed by atoms with Gasteiger partial charge in [0.05, 0.1) is 12.5 Å². The van der Waals surface area contributed by atoms with E-state index >= 15 is 0 Å². The molecule has 2 aromatic rings. The van der Waals surface area contributed by atoms with Gasteiger partial charge in [0, 0.05) is 48.2 Å². The van der Waals surface area contributed by atoms with E-state index in [2.05, 4.69) is 30.1 Å². The summed E-state index contributed by atoms with van der Waals surface area (Å²) in [5.74, 6) is -0.140. The van der Waals surface area contributed by atoms with Crippen molar-refractivity contribution in [1.82, 2.24) is 14.8 Å². The lowest BCUT2D eigenvalue weighted by Gasteiger charge is -2.35. The lowest BCUT2D eigenvalue weighted by atomic mass is 9.94. The molecule has 0 saturated carbocycles. The summed E-state index contributed by atoms with van der Waals surface area (Å²) in [5.41, 5.74) is 10.2. The first-order chi connectivity index (χ1) is 12.5. The van der Waals surface area contributed by atoms with Gasteiger partial charge in [0.1, 0.15) is 0 Å². The third kappa shape index (κ3) is 3.21. The number of amides is 2. The predicted molar refractivity (Wildman–Crippen MR) is 101 cm³/mol. The van der Waals surface area contributed by atoms with Gasteiger partial charge < -0.3 is 15.6 Å². The highest BCUT2D eigenvalue weighted by molar-refractivity contribution is 5.87. The van der Waals surface area contributed by atoms with Crippen LogP contribution in [-0.4, -0.2) is 52.8 Å². The normalized spacial score (nSPS) is 21.0. The van der Waals surface area contributed by atoms with E-state index in [0.29, 0.717) is 13.1 Å². The molecule has 138 valence electrons. The molecule has 0 radical (unpaired) electrons. The SMILES string of the molecule is Cc1ccc2[nH]c3c(c2c1)CN(C(=O)C1CCCN(CC(N)=O)C1)CC3. The predicted octanol–water partition coefficient (Wildman–Crippen LogP) is 1.56. The van der Waals surface area contributed by atoms with Crippen LogP contribution in [0.1, 0.15) is 29.7 Å². The number of hydrogen-bond acceptors (Lipinski definition) is 3. The minimum absolute atomic E-state index is 0.0309. The molecule has 1 unspecified atom stereocenters. The van der Waals surface area contributed by atoms with Gasteiger partial charge in [-0.15, -0.1) is 0 Å². The Morgan fingerprint density at radius 1 is 1.31 bits per heavy atom. The van der Waals surface area contributed by atoms with Crippen LogP contribution in [0.2, 0.25) is 0 Å². The Labute approximate surface area is 153 Å². The highest BCUT2D eigenvalue weighted by Gasteiger charge is 2.32. The lowest BCUT2D eigenvalue weighted by molar-refractivity contribution is -0.139. The third-order valence-electron chi connectivity index (χ3n) is 5.68. The summed E-state index contributed by atoms with van der Waals surface area (Å²) < 4.78 is 0. The maximum atomic E-state index is 13.1. The van der Waals surface area contributed by atoms with Crippen LogP contribution in [0, 0.1) is 12.8 Å². The van der Waals surface area contributed by atoms with Crippen LogP contribution in [0.3, 0.4) is 0 Å². The monoisotopic (exact) mass is 354 g/mol. The molecule has 6 heteroatoms. The number of aryl methyl sites for hydroxylation is 1. The molecule has 1 fully saturated rings. The first kappa shape index (κ1) is 17.1. The zero-order valence-electron chi connectivity index (χ0n) is 15.3. The largest absolute Gasteiger partial charge is 0.369 e. The van der Waals surface area contributed by atoms with Crippen molar-refractivity contribution in [2.75, 3.05) is 26.2 Å². The number of benzene rings is 1. The topological polar surface area (TPSA) is 82.4 Å². The number of likely N-dealkylation sites (tertiary alicyclic amines) is 1. The first-order valence-corrected chi connectivity index (χ1v) is 9.41. The number of fused-ring (bicyclic) bond motifs is 3. The van der Waals surface area contributed by atoms with Crippen molar-refractivity contribution in [3.05, 3.63) is 35.0 Å². The molecule has 4 rings (SSSR count). The Morgan fingerprint density at radius 3 is 2.96 bits per heavy atom. The quantitative estimate of drug-likeness (QED) is 0.877. The third-order valence-corrected chi connectivity index (χ3v) is 5.68. The summed E-state index contributed by atoms with van der Waals surface area (Å²) in [6, 6.07) is 6.44. The number of rotatable bonds is 3. The van der Waals surface area contributed by atoms with Gasteiger partial charge >= 0.3 is 0 Å². The number of nitrogens with two attached hydrogens (primary N) is 1. The molecule has 2 aliphatic heterocycles. The second-order valence-corrected chi connectivity index (χ2v) is 7.68. The molecule has 1 saturated heterocycles. The summed E-state index contributed by atoms with van der Waals surface area (Å²) >= 11 is 0. The minimum Gasteiger partial charge on any atom is -0.369 e. The summed E-state index contributed by atoms with van der Waals surface area (Å²) in [5, 5.41) is 1.23. The van der Waals surface area contributed by atoms with Crippen LogP contribution >= 0.6 is 0 Å². The minimum atomic E-state index is -0.324. The van der Waals surface area contributed by atoms with E-state index in [1.807, 2.05) is 9.80 Å².